The van der Waals surface area contributed by atoms with Gasteiger partial charge >= 0.3 is 0 Å². The van der Waals surface area contributed by atoms with E-state index in [4.69, 9.17) is 14.2 Å². The molecule has 0 saturated carbocycles. The van der Waals surface area contributed by atoms with E-state index in [1.54, 1.807) is 0 Å². The summed E-state index contributed by atoms with van der Waals surface area (Å²) in [7, 11) is 0. The summed E-state index contributed by atoms with van der Waals surface area (Å²) in [4.78, 5) is 12.5. The number of ether oxygens (including phenoxy) is 3. The molecule has 0 unspecified atom stereocenters. The number of benzene rings is 2. The molecule has 25 heavy (non-hydrogen) atoms. The summed E-state index contributed by atoms with van der Waals surface area (Å²) in [6.45, 7) is 1.35. The standard InChI is InChI=1S/C20H21NO4/c22-20(19-11-14-5-1-2-9-18(14)25-19)21-15-6-3-7-16(12-15)24-13-17-8-4-10-23-17/h1-3,5-7,9,12,17,19H,4,8,10-11,13H2,(H,21,22)/t17-,19-/m0/s1. The van der Waals surface area contributed by atoms with Gasteiger partial charge in [-0.05, 0) is 36.6 Å². The summed E-state index contributed by atoms with van der Waals surface area (Å²) >= 11 is 0. The Kier molecular flexibility index (Phi) is 4.57. The van der Waals surface area contributed by atoms with Crippen LogP contribution in [-0.2, 0) is 16.0 Å². The molecule has 2 aliphatic rings. The van der Waals surface area contributed by atoms with Crippen molar-refractivity contribution in [1.29, 1.82) is 0 Å². The molecule has 2 aromatic carbocycles. The van der Waals surface area contributed by atoms with E-state index < -0.39 is 6.10 Å². The Morgan fingerprint density at radius 2 is 2.12 bits per heavy atom. The SMILES string of the molecule is O=C(Nc1cccc(OC[C@@H]2CCCO2)c1)[C@@H]1Cc2ccccc2O1. The first-order valence-electron chi connectivity index (χ1n) is 8.68. The molecular formula is C20H21NO4. The van der Waals surface area contributed by atoms with E-state index in [2.05, 4.69) is 5.32 Å². The number of rotatable bonds is 5. The molecule has 2 atom stereocenters. The van der Waals surface area contributed by atoms with Gasteiger partial charge < -0.3 is 19.5 Å². The van der Waals surface area contributed by atoms with Crippen LogP contribution in [0.1, 0.15) is 18.4 Å². The molecule has 1 fully saturated rings. The molecule has 0 bridgehead atoms. The van der Waals surface area contributed by atoms with Gasteiger partial charge in [-0.25, -0.2) is 0 Å². The zero-order valence-electron chi connectivity index (χ0n) is 13.9. The average Bonchev–Trinajstić information content (AvgIpc) is 3.29. The quantitative estimate of drug-likeness (QED) is 0.909. The molecule has 0 spiro atoms. The monoisotopic (exact) mass is 339 g/mol. The number of carbonyl (C=O) groups excluding carboxylic acids is 1. The van der Waals surface area contributed by atoms with Crippen molar-refractivity contribution in [3.05, 3.63) is 54.1 Å². The molecule has 0 aromatic heterocycles. The highest BCUT2D eigenvalue weighted by Crippen LogP contribution is 2.29. The van der Waals surface area contributed by atoms with Crippen molar-refractivity contribution < 1.29 is 19.0 Å². The molecule has 4 rings (SSSR count). The Balaban J connectivity index is 1.34. The third kappa shape index (κ3) is 3.77. The van der Waals surface area contributed by atoms with E-state index in [9.17, 15) is 4.79 Å². The minimum Gasteiger partial charge on any atom is -0.491 e. The Labute approximate surface area is 146 Å². The van der Waals surface area contributed by atoms with Gasteiger partial charge in [-0.3, -0.25) is 4.79 Å². The minimum absolute atomic E-state index is 0.146. The number of para-hydroxylation sites is 1. The van der Waals surface area contributed by atoms with E-state index in [-0.39, 0.29) is 12.0 Å². The first-order valence-corrected chi connectivity index (χ1v) is 8.68. The van der Waals surface area contributed by atoms with Gasteiger partial charge in [-0.2, -0.15) is 0 Å². The zero-order valence-corrected chi connectivity index (χ0v) is 13.9. The number of hydrogen-bond acceptors (Lipinski definition) is 4. The molecule has 1 N–H and O–H groups in total. The second-order valence-corrected chi connectivity index (χ2v) is 6.38. The Morgan fingerprint density at radius 3 is 2.96 bits per heavy atom. The number of carbonyl (C=O) groups is 1. The molecule has 0 aliphatic carbocycles. The molecular weight excluding hydrogens is 318 g/mol. The fourth-order valence-electron chi connectivity index (χ4n) is 3.18. The van der Waals surface area contributed by atoms with Gasteiger partial charge in [0, 0.05) is 24.8 Å². The van der Waals surface area contributed by atoms with Crippen LogP contribution in [0.4, 0.5) is 5.69 Å². The summed E-state index contributed by atoms with van der Waals surface area (Å²) in [6.07, 6.45) is 2.40. The Hall–Kier alpha value is -2.53. The van der Waals surface area contributed by atoms with Gasteiger partial charge in [0.25, 0.3) is 5.91 Å². The van der Waals surface area contributed by atoms with Gasteiger partial charge in [-0.15, -0.1) is 0 Å². The van der Waals surface area contributed by atoms with Crippen LogP contribution in [0.15, 0.2) is 48.5 Å². The van der Waals surface area contributed by atoms with Gasteiger partial charge in [0.15, 0.2) is 6.10 Å². The zero-order chi connectivity index (χ0) is 17.1. The number of amides is 1. The number of fused-ring (bicyclic) bond motifs is 1. The lowest BCUT2D eigenvalue weighted by Gasteiger charge is -2.14. The number of nitrogens with one attached hydrogen (secondary N) is 1. The maximum atomic E-state index is 12.5. The van der Waals surface area contributed by atoms with Crippen LogP contribution in [0.25, 0.3) is 0 Å². The topological polar surface area (TPSA) is 56.8 Å². The molecule has 2 heterocycles. The minimum atomic E-state index is -0.492. The van der Waals surface area contributed by atoms with Gasteiger partial charge in [0.1, 0.15) is 18.1 Å². The van der Waals surface area contributed by atoms with Crippen LogP contribution in [0, 0.1) is 0 Å². The first-order chi connectivity index (χ1) is 12.3. The Morgan fingerprint density at radius 1 is 1.20 bits per heavy atom. The predicted molar refractivity (Wildman–Crippen MR) is 94.1 cm³/mol. The van der Waals surface area contributed by atoms with Crippen molar-refractivity contribution in [1.82, 2.24) is 0 Å². The highest BCUT2D eigenvalue weighted by molar-refractivity contribution is 5.95. The van der Waals surface area contributed by atoms with E-state index >= 15 is 0 Å². The lowest BCUT2D eigenvalue weighted by atomic mass is 10.1. The second-order valence-electron chi connectivity index (χ2n) is 6.38. The van der Waals surface area contributed by atoms with Crippen molar-refractivity contribution in [2.75, 3.05) is 18.5 Å². The molecule has 5 heteroatoms. The molecule has 5 nitrogen and oxygen atoms in total. The fourth-order valence-corrected chi connectivity index (χ4v) is 3.18. The van der Waals surface area contributed by atoms with Crippen LogP contribution < -0.4 is 14.8 Å². The summed E-state index contributed by atoms with van der Waals surface area (Å²) in [6, 6.07) is 15.2. The lowest BCUT2D eigenvalue weighted by molar-refractivity contribution is -0.122. The van der Waals surface area contributed by atoms with Crippen LogP contribution in [-0.4, -0.2) is 31.3 Å². The third-order valence-electron chi connectivity index (χ3n) is 4.50. The van der Waals surface area contributed by atoms with Crippen molar-refractivity contribution in [3.8, 4) is 11.5 Å². The molecule has 0 radical (unpaired) electrons. The smallest absolute Gasteiger partial charge is 0.265 e. The third-order valence-corrected chi connectivity index (χ3v) is 4.50. The van der Waals surface area contributed by atoms with Crippen LogP contribution >= 0.6 is 0 Å². The summed E-state index contributed by atoms with van der Waals surface area (Å²) < 4.78 is 17.1. The second kappa shape index (κ2) is 7.15. The van der Waals surface area contributed by atoms with Crippen molar-refractivity contribution in [2.24, 2.45) is 0 Å². The first kappa shape index (κ1) is 16.0. The lowest BCUT2D eigenvalue weighted by Crippen LogP contribution is -2.31. The van der Waals surface area contributed by atoms with E-state index in [1.807, 2.05) is 48.5 Å². The normalized spacial score (nSPS) is 21.4. The maximum Gasteiger partial charge on any atom is 0.265 e. The van der Waals surface area contributed by atoms with Gasteiger partial charge in [0.2, 0.25) is 0 Å². The van der Waals surface area contributed by atoms with E-state index in [1.165, 1.54) is 0 Å². The van der Waals surface area contributed by atoms with Crippen LogP contribution in [0.2, 0.25) is 0 Å². The van der Waals surface area contributed by atoms with Crippen molar-refractivity contribution >= 4 is 11.6 Å². The highest BCUT2D eigenvalue weighted by Gasteiger charge is 2.28. The number of hydrogen-bond donors (Lipinski definition) is 1. The molecule has 1 amide bonds. The summed E-state index contributed by atoms with van der Waals surface area (Å²) in [5.41, 5.74) is 1.77. The van der Waals surface area contributed by atoms with Gasteiger partial charge in [-0.1, -0.05) is 24.3 Å². The van der Waals surface area contributed by atoms with Crippen molar-refractivity contribution in [2.45, 2.75) is 31.5 Å². The molecule has 130 valence electrons. The molecule has 2 aliphatic heterocycles. The largest absolute Gasteiger partial charge is 0.491 e. The molecule has 2 aromatic rings. The molecule has 1 saturated heterocycles. The van der Waals surface area contributed by atoms with Gasteiger partial charge in [0.05, 0.1) is 6.10 Å². The summed E-state index contributed by atoms with van der Waals surface area (Å²) in [5.74, 6) is 1.37. The predicted octanol–water partition coefficient (Wildman–Crippen LogP) is 3.19. The van der Waals surface area contributed by atoms with Crippen LogP contribution in [0.5, 0.6) is 11.5 Å². The highest BCUT2D eigenvalue weighted by atomic mass is 16.5. The summed E-state index contributed by atoms with van der Waals surface area (Å²) in [5, 5.41) is 2.91. The average molecular weight is 339 g/mol. The maximum absolute atomic E-state index is 12.5. The van der Waals surface area contributed by atoms with Crippen molar-refractivity contribution in [3.63, 3.8) is 0 Å². The fraction of sp³-hybridized carbons (Fsp3) is 0.350. The van der Waals surface area contributed by atoms with Crippen LogP contribution in [0.3, 0.4) is 0 Å². The number of anilines is 1. The van der Waals surface area contributed by atoms with E-state index in [0.29, 0.717) is 18.7 Å². The van der Waals surface area contributed by atoms with E-state index in [0.717, 1.165) is 36.5 Å². The Bertz CT molecular complexity index is 730.